The van der Waals surface area contributed by atoms with Crippen molar-refractivity contribution in [1.82, 2.24) is 15.5 Å². The van der Waals surface area contributed by atoms with Gasteiger partial charge in [0.25, 0.3) is 5.91 Å². The van der Waals surface area contributed by atoms with Gasteiger partial charge in [-0.1, -0.05) is 36.4 Å². The first-order chi connectivity index (χ1) is 14.5. The van der Waals surface area contributed by atoms with Crippen molar-refractivity contribution in [2.24, 2.45) is 4.99 Å². The molecule has 1 amide bonds. The second kappa shape index (κ2) is 12.6. The van der Waals surface area contributed by atoms with Gasteiger partial charge in [-0.2, -0.15) is 0 Å². The molecule has 6 nitrogen and oxygen atoms in total. The van der Waals surface area contributed by atoms with Gasteiger partial charge >= 0.3 is 0 Å². The molecule has 0 saturated heterocycles. The van der Waals surface area contributed by atoms with E-state index in [1.54, 1.807) is 19.0 Å². The Morgan fingerprint density at radius 2 is 1.73 bits per heavy atom. The Balaban J connectivity index is 1.89. The number of benzene rings is 2. The van der Waals surface area contributed by atoms with Crippen LogP contribution in [0, 0.1) is 0 Å². The van der Waals surface area contributed by atoms with Crippen molar-refractivity contribution >= 4 is 11.9 Å². The topological polar surface area (TPSA) is 66.0 Å². The van der Waals surface area contributed by atoms with Gasteiger partial charge in [-0.15, -0.1) is 0 Å². The molecule has 0 aliphatic rings. The molecule has 2 N–H and O–H groups in total. The summed E-state index contributed by atoms with van der Waals surface area (Å²) in [5, 5.41) is 6.65. The van der Waals surface area contributed by atoms with Crippen LogP contribution in [0.3, 0.4) is 0 Å². The first kappa shape index (κ1) is 23.4. The minimum Gasteiger partial charge on any atom is -0.377 e. The maximum Gasteiger partial charge on any atom is 0.253 e. The predicted octanol–water partition coefficient (Wildman–Crippen LogP) is 3.22. The molecule has 0 fully saturated rings. The number of aliphatic imine (C=N–C) groups is 1. The van der Waals surface area contributed by atoms with Gasteiger partial charge in [0.15, 0.2) is 5.96 Å². The summed E-state index contributed by atoms with van der Waals surface area (Å²) >= 11 is 0. The van der Waals surface area contributed by atoms with Gasteiger partial charge in [0.05, 0.1) is 13.2 Å². The van der Waals surface area contributed by atoms with Crippen LogP contribution in [-0.4, -0.2) is 50.6 Å². The first-order valence-electron chi connectivity index (χ1n) is 10.5. The van der Waals surface area contributed by atoms with Crippen molar-refractivity contribution in [3.05, 3.63) is 70.8 Å². The van der Waals surface area contributed by atoms with E-state index in [0.717, 1.165) is 43.2 Å². The SMILES string of the molecule is CCNC(=NCc1ccc(COCC)cc1)NCCc1cccc(C(=O)N(C)C)c1. The van der Waals surface area contributed by atoms with Crippen molar-refractivity contribution in [1.29, 1.82) is 0 Å². The molecule has 6 heteroatoms. The summed E-state index contributed by atoms with van der Waals surface area (Å²) in [6, 6.07) is 16.1. The third kappa shape index (κ3) is 7.87. The predicted molar refractivity (Wildman–Crippen MR) is 123 cm³/mol. The van der Waals surface area contributed by atoms with Crippen LogP contribution in [0.15, 0.2) is 53.5 Å². The van der Waals surface area contributed by atoms with E-state index in [1.807, 2.05) is 31.2 Å². The van der Waals surface area contributed by atoms with Gasteiger partial charge in [-0.25, -0.2) is 4.99 Å². The summed E-state index contributed by atoms with van der Waals surface area (Å²) in [6.07, 6.45) is 0.811. The minimum atomic E-state index is 0.0204. The number of carbonyl (C=O) groups excluding carboxylic acids is 1. The van der Waals surface area contributed by atoms with E-state index in [9.17, 15) is 4.79 Å². The Morgan fingerprint density at radius 3 is 2.40 bits per heavy atom. The van der Waals surface area contributed by atoms with Gasteiger partial charge in [0, 0.05) is 39.4 Å². The molecule has 0 aliphatic carbocycles. The summed E-state index contributed by atoms with van der Waals surface area (Å²) < 4.78 is 5.43. The monoisotopic (exact) mass is 410 g/mol. The fraction of sp³-hybridized carbons (Fsp3) is 0.417. The fourth-order valence-corrected chi connectivity index (χ4v) is 2.92. The average molecular weight is 411 g/mol. The molecule has 0 aliphatic heterocycles. The molecule has 162 valence electrons. The van der Waals surface area contributed by atoms with E-state index < -0.39 is 0 Å². The Kier molecular flexibility index (Phi) is 9.87. The molecule has 0 radical (unpaired) electrons. The van der Waals surface area contributed by atoms with Gasteiger partial charge in [0.2, 0.25) is 0 Å². The summed E-state index contributed by atoms with van der Waals surface area (Å²) in [4.78, 5) is 18.4. The van der Waals surface area contributed by atoms with Crippen LogP contribution >= 0.6 is 0 Å². The summed E-state index contributed by atoms with van der Waals surface area (Å²) in [6.45, 7) is 7.56. The lowest BCUT2D eigenvalue weighted by Gasteiger charge is -2.13. The maximum absolute atomic E-state index is 12.1. The minimum absolute atomic E-state index is 0.0204. The van der Waals surface area contributed by atoms with Crippen LogP contribution in [0.25, 0.3) is 0 Å². The lowest BCUT2D eigenvalue weighted by atomic mass is 10.1. The van der Waals surface area contributed by atoms with Crippen molar-refractivity contribution in [2.75, 3.05) is 33.8 Å². The molecular formula is C24H34N4O2. The zero-order valence-corrected chi connectivity index (χ0v) is 18.6. The van der Waals surface area contributed by atoms with Gasteiger partial charge in [-0.05, 0) is 49.1 Å². The second-order valence-corrected chi connectivity index (χ2v) is 7.23. The molecule has 0 saturated carbocycles. The summed E-state index contributed by atoms with van der Waals surface area (Å²) in [7, 11) is 3.53. The molecule has 2 rings (SSSR count). The Hall–Kier alpha value is -2.86. The van der Waals surface area contributed by atoms with Gasteiger partial charge < -0.3 is 20.3 Å². The molecule has 0 unspecified atom stereocenters. The Labute approximate surface area is 180 Å². The Morgan fingerprint density at radius 1 is 1.00 bits per heavy atom. The van der Waals surface area contributed by atoms with E-state index in [4.69, 9.17) is 4.74 Å². The molecule has 0 spiro atoms. The number of hydrogen-bond donors (Lipinski definition) is 2. The number of nitrogens with one attached hydrogen (secondary N) is 2. The maximum atomic E-state index is 12.1. The largest absolute Gasteiger partial charge is 0.377 e. The molecule has 2 aromatic rings. The molecule has 30 heavy (non-hydrogen) atoms. The standard InChI is InChI=1S/C24H34N4O2/c1-5-25-24(27-17-20-10-12-21(13-11-20)18-30-6-2)26-15-14-19-8-7-9-22(16-19)23(29)28(3)4/h7-13,16H,5-6,14-15,17-18H2,1-4H3,(H2,25,26,27). The van der Waals surface area contributed by atoms with Crippen molar-refractivity contribution in [3.8, 4) is 0 Å². The van der Waals surface area contributed by atoms with Crippen molar-refractivity contribution in [3.63, 3.8) is 0 Å². The van der Waals surface area contributed by atoms with Gasteiger partial charge in [0.1, 0.15) is 0 Å². The lowest BCUT2D eigenvalue weighted by molar-refractivity contribution is 0.0827. The Bertz CT molecular complexity index is 816. The number of carbonyl (C=O) groups is 1. The van der Waals surface area contributed by atoms with E-state index in [-0.39, 0.29) is 5.91 Å². The number of rotatable bonds is 10. The highest BCUT2D eigenvalue weighted by molar-refractivity contribution is 5.94. The van der Waals surface area contributed by atoms with E-state index in [1.165, 1.54) is 5.56 Å². The highest BCUT2D eigenvalue weighted by Gasteiger charge is 2.08. The second-order valence-electron chi connectivity index (χ2n) is 7.23. The van der Waals surface area contributed by atoms with Crippen LogP contribution in [-0.2, 0) is 24.3 Å². The smallest absolute Gasteiger partial charge is 0.253 e. The molecule has 0 bridgehead atoms. The number of ether oxygens (including phenoxy) is 1. The molecule has 0 heterocycles. The van der Waals surface area contributed by atoms with Crippen LogP contribution in [0.4, 0.5) is 0 Å². The molecule has 0 atom stereocenters. The number of amides is 1. The third-order valence-corrected chi connectivity index (χ3v) is 4.55. The number of guanidine groups is 1. The van der Waals surface area contributed by atoms with Crippen LogP contribution < -0.4 is 10.6 Å². The van der Waals surface area contributed by atoms with E-state index >= 15 is 0 Å². The lowest BCUT2D eigenvalue weighted by Crippen LogP contribution is -2.38. The van der Waals surface area contributed by atoms with Gasteiger partial charge in [-0.3, -0.25) is 4.79 Å². The van der Waals surface area contributed by atoms with E-state index in [2.05, 4.69) is 46.8 Å². The highest BCUT2D eigenvalue weighted by atomic mass is 16.5. The first-order valence-corrected chi connectivity index (χ1v) is 10.5. The number of hydrogen-bond acceptors (Lipinski definition) is 3. The zero-order chi connectivity index (χ0) is 21.8. The third-order valence-electron chi connectivity index (χ3n) is 4.55. The summed E-state index contributed by atoms with van der Waals surface area (Å²) in [5.41, 5.74) is 4.16. The summed E-state index contributed by atoms with van der Waals surface area (Å²) in [5.74, 6) is 0.809. The number of nitrogens with zero attached hydrogens (tertiary/aromatic N) is 2. The normalized spacial score (nSPS) is 11.3. The molecular weight excluding hydrogens is 376 g/mol. The van der Waals surface area contributed by atoms with E-state index in [0.29, 0.717) is 18.7 Å². The van der Waals surface area contributed by atoms with Crippen molar-refractivity contribution < 1.29 is 9.53 Å². The van der Waals surface area contributed by atoms with Crippen LogP contribution in [0.1, 0.15) is 40.9 Å². The highest BCUT2D eigenvalue weighted by Crippen LogP contribution is 2.08. The van der Waals surface area contributed by atoms with Crippen LogP contribution in [0.5, 0.6) is 0 Å². The average Bonchev–Trinajstić information content (AvgIpc) is 2.76. The fourth-order valence-electron chi connectivity index (χ4n) is 2.92. The molecule has 0 aromatic heterocycles. The zero-order valence-electron chi connectivity index (χ0n) is 18.6. The van der Waals surface area contributed by atoms with Crippen LogP contribution in [0.2, 0.25) is 0 Å². The quantitative estimate of drug-likeness (QED) is 0.466. The van der Waals surface area contributed by atoms with Crippen molar-refractivity contribution in [2.45, 2.75) is 33.4 Å². The molecule has 2 aromatic carbocycles.